The van der Waals surface area contributed by atoms with Gasteiger partial charge in [0.05, 0.1) is 18.0 Å². The highest BCUT2D eigenvalue weighted by Crippen LogP contribution is 2.26. The van der Waals surface area contributed by atoms with E-state index in [1.165, 1.54) is 0 Å². The molecule has 0 heterocycles. The Labute approximate surface area is 184 Å². The molecule has 0 aliphatic carbocycles. The number of carbonyl (C=O) groups is 1. The zero-order valence-electron chi connectivity index (χ0n) is 18.3. The molecule has 0 spiro atoms. The van der Waals surface area contributed by atoms with Crippen LogP contribution in [0.15, 0.2) is 72.8 Å². The van der Waals surface area contributed by atoms with Crippen LogP contribution in [0.25, 0.3) is 0 Å². The second-order valence-electron chi connectivity index (χ2n) is 7.81. The number of anilines is 1. The minimum absolute atomic E-state index is 0.295. The van der Waals surface area contributed by atoms with E-state index in [1.807, 2.05) is 81.4 Å². The highest BCUT2D eigenvalue weighted by atomic mass is 32.2. The molecule has 1 amide bonds. The lowest BCUT2D eigenvalue weighted by Crippen LogP contribution is -2.42. The standard InChI is InChI=1S/C25H28N2O3S/c1-18-14-15-22(16-20(18)3)27(31(4,29)30)17-24(28)26-25(21-11-6-5-7-12-21)23-13-9-8-10-19(23)2/h5-16,25H,17H2,1-4H3,(H,26,28). The van der Waals surface area contributed by atoms with Crippen molar-refractivity contribution in [1.29, 1.82) is 0 Å². The van der Waals surface area contributed by atoms with E-state index in [1.54, 1.807) is 12.1 Å². The summed E-state index contributed by atoms with van der Waals surface area (Å²) in [6.45, 7) is 5.58. The molecule has 6 heteroatoms. The van der Waals surface area contributed by atoms with Gasteiger partial charge in [0.15, 0.2) is 0 Å². The van der Waals surface area contributed by atoms with Gasteiger partial charge in [0, 0.05) is 0 Å². The van der Waals surface area contributed by atoms with Crippen molar-refractivity contribution >= 4 is 21.6 Å². The molecule has 0 aromatic heterocycles. The first-order chi connectivity index (χ1) is 14.7. The first-order valence-corrected chi connectivity index (χ1v) is 12.0. The Balaban J connectivity index is 1.92. The van der Waals surface area contributed by atoms with Gasteiger partial charge in [0.25, 0.3) is 0 Å². The van der Waals surface area contributed by atoms with Crippen molar-refractivity contribution in [2.45, 2.75) is 26.8 Å². The van der Waals surface area contributed by atoms with Gasteiger partial charge in [-0.2, -0.15) is 0 Å². The second kappa shape index (κ2) is 9.35. The van der Waals surface area contributed by atoms with Gasteiger partial charge in [-0.15, -0.1) is 0 Å². The predicted molar refractivity (Wildman–Crippen MR) is 126 cm³/mol. The summed E-state index contributed by atoms with van der Waals surface area (Å²) in [5, 5.41) is 3.04. The van der Waals surface area contributed by atoms with Crippen LogP contribution >= 0.6 is 0 Å². The maximum absolute atomic E-state index is 13.1. The van der Waals surface area contributed by atoms with Crippen molar-refractivity contribution in [3.05, 3.63) is 101 Å². The molecule has 0 aliphatic heterocycles. The summed E-state index contributed by atoms with van der Waals surface area (Å²) < 4.78 is 26.1. The topological polar surface area (TPSA) is 66.5 Å². The van der Waals surface area contributed by atoms with Gasteiger partial charge in [0.1, 0.15) is 6.54 Å². The third-order valence-electron chi connectivity index (χ3n) is 5.40. The molecular weight excluding hydrogens is 408 g/mol. The van der Waals surface area contributed by atoms with Crippen molar-refractivity contribution in [3.63, 3.8) is 0 Å². The van der Waals surface area contributed by atoms with Crippen molar-refractivity contribution in [2.75, 3.05) is 17.1 Å². The van der Waals surface area contributed by atoms with E-state index in [2.05, 4.69) is 5.32 Å². The van der Waals surface area contributed by atoms with Crippen LogP contribution in [0.1, 0.15) is 33.9 Å². The van der Waals surface area contributed by atoms with Gasteiger partial charge in [-0.05, 0) is 60.7 Å². The van der Waals surface area contributed by atoms with Gasteiger partial charge >= 0.3 is 0 Å². The first-order valence-electron chi connectivity index (χ1n) is 10.1. The molecule has 0 saturated carbocycles. The van der Waals surface area contributed by atoms with Crippen molar-refractivity contribution in [2.24, 2.45) is 0 Å². The third kappa shape index (κ3) is 5.52. The summed E-state index contributed by atoms with van der Waals surface area (Å²) in [5.74, 6) is -0.374. The molecule has 0 bridgehead atoms. The largest absolute Gasteiger partial charge is 0.344 e. The third-order valence-corrected chi connectivity index (χ3v) is 6.54. The van der Waals surface area contributed by atoms with E-state index in [0.717, 1.165) is 38.4 Å². The average Bonchev–Trinajstić information content (AvgIpc) is 2.73. The number of benzene rings is 3. The van der Waals surface area contributed by atoms with E-state index in [4.69, 9.17) is 0 Å². The lowest BCUT2D eigenvalue weighted by Gasteiger charge is -2.26. The molecule has 5 nitrogen and oxygen atoms in total. The van der Waals surface area contributed by atoms with Crippen LogP contribution in [-0.4, -0.2) is 27.1 Å². The number of hydrogen-bond acceptors (Lipinski definition) is 3. The summed E-state index contributed by atoms with van der Waals surface area (Å²) in [4.78, 5) is 13.1. The zero-order chi connectivity index (χ0) is 22.6. The lowest BCUT2D eigenvalue weighted by molar-refractivity contribution is -0.120. The van der Waals surface area contributed by atoms with E-state index in [-0.39, 0.29) is 18.5 Å². The average molecular weight is 437 g/mol. The minimum atomic E-state index is -3.64. The molecule has 3 aromatic rings. The van der Waals surface area contributed by atoms with Gasteiger partial charge in [0.2, 0.25) is 15.9 Å². The van der Waals surface area contributed by atoms with Gasteiger partial charge in [-0.1, -0.05) is 60.7 Å². The fourth-order valence-corrected chi connectivity index (χ4v) is 4.36. The molecule has 1 atom stereocenters. The van der Waals surface area contributed by atoms with E-state index >= 15 is 0 Å². The second-order valence-corrected chi connectivity index (χ2v) is 9.71. The Kier molecular flexibility index (Phi) is 6.81. The number of carbonyl (C=O) groups excluding carboxylic acids is 1. The first kappa shape index (κ1) is 22.6. The molecule has 1 unspecified atom stereocenters. The summed E-state index contributed by atoms with van der Waals surface area (Å²) in [6, 6.07) is 22.5. The molecular formula is C25H28N2O3S. The Morgan fingerprint density at radius 2 is 1.52 bits per heavy atom. The highest BCUT2D eigenvalue weighted by molar-refractivity contribution is 7.92. The van der Waals surface area contributed by atoms with E-state index in [9.17, 15) is 13.2 Å². The molecule has 0 aliphatic rings. The smallest absolute Gasteiger partial charge is 0.241 e. The Morgan fingerprint density at radius 3 is 2.13 bits per heavy atom. The SMILES string of the molecule is Cc1ccc(N(CC(=O)NC(c2ccccc2)c2ccccc2C)S(C)(=O)=O)cc1C. The molecule has 0 saturated heterocycles. The number of sulfonamides is 1. The highest BCUT2D eigenvalue weighted by Gasteiger charge is 2.24. The number of amides is 1. The lowest BCUT2D eigenvalue weighted by atomic mass is 9.95. The number of aryl methyl sites for hydroxylation is 3. The Bertz CT molecular complexity index is 1170. The molecule has 3 aromatic carbocycles. The van der Waals surface area contributed by atoms with Gasteiger partial charge in [-0.25, -0.2) is 8.42 Å². The number of nitrogens with zero attached hydrogens (tertiary/aromatic N) is 1. The van der Waals surface area contributed by atoms with E-state index in [0.29, 0.717) is 5.69 Å². The van der Waals surface area contributed by atoms with Crippen LogP contribution < -0.4 is 9.62 Å². The molecule has 0 radical (unpaired) electrons. The number of rotatable bonds is 7. The quantitative estimate of drug-likeness (QED) is 0.601. The molecule has 1 N–H and O–H groups in total. The molecule has 31 heavy (non-hydrogen) atoms. The summed E-state index contributed by atoms with van der Waals surface area (Å²) >= 11 is 0. The summed E-state index contributed by atoms with van der Waals surface area (Å²) in [6.07, 6.45) is 1.12. The summed E-state index contributed by atoms with van der Waals surface area (Å²) in [5.41, 5.74) is 5.46. The molecule has 0 fully saturated rings. The number of nitrogens with one attached hydrogen (secondary N) is 1. The van der Waals surface area contributed by atoms with Crippen LogP contribution in [0.5, 0.6) is 0 Å². The maximum atomic E-state index is 13.1. The normalized spacial score (nSPS) is 12.3. The van der Waals surface area contributed by atoms with Crippen molar-refractivity contribution in [3.8, 4) is 0 Å². The van der Waals surface area contributed by atoms with E-state index < -0.39 is 10.0 Å². The fraction of sp³-hybridized carbons (Fsp3) is 0.240. The molecule has 3 rings (SSSR count). The van der Waals surface area contributed by atoms with Crippen LogP contribution in [0, 0.1) is 20.8 Å². The minimum Gasteiger partial charge on any atom is -0.344 e. The predicted octanol–water partition coefficient (Wildman–Crippen LogP) is 4.28. The van der Waals surface area contributed by atoms with Crippen LogP contribution in [0.4, 0.5) is 5.69 Å². The zero-order valence-corrected chi connectivity index (χ0v) is 19.1. The summed E-state index contributed by atoms with van der Waals surface area (Å²) in [7, 11) is -3.64. The van der Waals surface area contributed by atoms with Crippen LogP contribution in [-0.2, 0) is 14.8 Å². The Morgan fingerprint density at radius 1 is 0.871 bits per heavy atom. The van der Waals surface area contributed by atoms with Crippen molar-refractivity contribution < 1.29 is 13.2 Å². The van der Waals surface area contributed by atoms with Crippen LogP contribution in [0.2, 0.25) is 0 Å². The molecule has 162 valence electrons. The van der Waals surface area contributed by atoms with Gasteiger partial charge < -0.3 is 5.32 Å². The van der Waals surface area contributed by atoms with Crippen LogP contribution in [0.3, 0.4) is 0 Å². The number of hydrogen-bond donors (Lipinski definition) is 1. The maximum Gasteiger partial charge on any atom is 0.241 e. The monoisotopic (exact) mass is 436 g/mol. The van der Waals surface area contributed by atoms with Gasteiger partial charge in [-0.3, -0.25) is 9.10 Å². The fourth-order valence-electron chi connectivity index (χ4n) is 3.51. The Hall–Kier alpha value is -3.12. The van der Waals surface area contributed by atoms with Crippen molar-refractivity contribution in [1.82, 2.24) is 5.32 Å².